The van der Waals surface area contributed by atoms with Crippen molar-refractivity contribution in [3.8, 4) is 0 Å². The summed E-state index contributed by atoms with van der Waals surface area (Å²) in [6.07, 6.45) is 6.66. The molecule has 1 aliphatic carbocycles. The summed E-state index contributed by atoms with van der Waals surface area (Å²) in [4.78, 5) is 0. The molecular weight excluding hydrogens is 166 g/mol. The van der Waals surface area contributed by atoms with Gasteiger partial charge in [-0.25, -0.2) is 0 Å². The highest BCUT2D eigenvalue weighted by Crippen LogP contribution is 2.27. The Labute approximate surface area is 80.2 Å². The fourth-order valence-electron chi connectivity index (χ4n) is 2.05. The zero-order valence-electron chi connectivity index (χ0n) is 8.26. The fourth-order valence-corrected chi connectivity index (χ4v) is 2.05. The molecule has 0 saturated heterocycles. The van der Waals surface area contributed by atoms with E-state index in [1.807, 2.05) is 0 Å². The fraction of sp³-hybridized carbons (Fsp3) is 1.00. The lowest BCUT2D eigenvalue weighted by atomic mass is 9.82. The Morgan fingerprint density at radius 3 is 2.31 bits per heavy atom. The second-order valence-corrected chi connectivity index (χ2v) is 4.00. The van der Waals surface area contributed by atoms with Crippen LogP contribution >= 0.6 is 0 Å². The number of hydrogen-bond acceptors (Lipinski definition) is 3. The van der Waals surface area contributed by atoms with Crippen LogP contribution in [0, 0.1) is 0 Å². The molecule has 0 bridgehead atoms. The van der Waals surface area contributed by atoms with Crippen LogP contribution in [-0.2, 0) is 0 Å². The Balaban J connectivity index is 2.29. The molecule has 3 nitrogen and oxygen atoms in total. The van der Waals surface area contributed by atoms with E-state index in [1.165, 1.54) is 19.3 Å². The first-order chi connectivity index (χ1) is 6.33. The van der Waals surface area contributed by atoms with Crippen molar-refractivity contribution in [3.05, 3.63) is 0 Å². The first kappa shape index (κ1) is 11.0. The number of hydrogen-bond donors (Lipinski definition) is 3. The zero-order chi connectivity index (χ0) is 9.57. The van der Waals surface area contributed by atoms with Crippen molar-refractivity contribution in [2.24, 2.45) is 0 Å². The molecule has 78 valence electrons. The lowest BCUT2D eigenvalue weighted by molar-refractivity contribution is 0.119. The molecule has 1 rings (SSSR count). The average molecular weight is 187 g/mol. The van der Waals surface area contributed by atoms with Crippen molar-refractivity contribution in [3.63, 3.8) is 0 Å². The van der Waals surface area contributed by atoms with E-state index >= 15 is 0 Å². The van der Waals surface area contributed by atoms with E-state index in [-0.39, 0.29) is 18.8 Å². The van der Waals surface area contributed by atoms with Crippen LogP contribution in [0.2, 0.25) is 0 Å². The summed E-state index contributed by atoms with van der Waals surface area (Å²) < 4.78 is 0. The summed E-state index contributed by atoms with van der Waals surface area (Å²) in [5, 5.41) is 21.3. The molecule has 1 fully saturated rings. The Hall–Kier alpha value is -0.120. The molecule has 0 aromatic rings. The van der Waals surface area contributed by atoms with Crippen LogP contribution in [0.3, 0.4) is 0 Å². The maximum atomic E-state index is 9.32. The first-order valence-electron chi connectivity index (χ1n) is 5.30. The van der Waals surface area contributed by atoms with Gasteiger partial charge < -0.3 is 15.5 Å². The summed E-state index contributed by atoms with van der Waals surface area (Å²) in [6.45, 7) is 1.28. The van der Waals surface area contributed by atoms with Crippen LogP contribution in [0.4, 0.5) is 0 Å². The molecule has 0 aliphatic heterocycles. The van der Waals surface area contributed by atoms with Crippen LogP contribution in [0.1, 0.15) is 38.5 Å². The predicted octanol–water partition coefficient (Wildman–Crippen LogP) is 0.654. The Morgan fingerprint density at radius 2 is 1.77 bits per heavy atom. The van der Waals surface area contributed by atoms with E-state index in [2.05, 4.69) is 5.32 Å². The van der Waals surface area contributed by atoms with Gasteiger partial charge in [0.15, 0.2) is 0 Å². The van der Waals surface area contributed by atoms with Gasteiger partial charge >= 0.3 is 0 Å². The lowest BCUT2D eigenvalue weighted by Gasteiger charge is -2.36. The normalized spacial score (nSPS) is 21.7. The Kier molecular flexibility index (Phi) is 4.70. The van der Waals surface area contributed by atoms with E-state index in [0.717, 1.165) is 25.8 Å². The summed E-state index contributed by atoms with van der Waals surface area (Å²) in [6, 6.07) is 0. The maximum Gasteiger partial charge on any atom is 0.0613 e. The monoisotopic (exact) mass is 187 g/mol. The van der Waals surface area contributed by atoms with Gasteiger partial charge in [-0.15, -0.1) is 0 Å². The predicted molar refractivity (Wildman–Crippen MR) is 52.6 cm³/mol. The molecule has 13 heavy (non-hydrogen) atoms. The summed E-state index contributed by atoms with van der Waals surface area (Å²) in [5.41, 5.74) is -0.0343. The van der Waals surface area contributed by atoms with Gasteiger partial charge in [0.25, 0.3) is 0 Å². The van der Waals surface area contributed by atoms with Crippen molar-refractivity contribution in [2.75, 3.05) is 19.8 Å². The number of rotatable bonds is 5. The van der Waals surface area contributed by atoms with E-state index < -0.39 is 0 Å². The van der Waals surface area contributed by atoms with E-state index in [9.17, 15) is 5.11 Å². The first-order valence-corrected chi connectivity index (χ1v) is 5.30. The van der Waals surface area contributed by atoms with Gasteiger partial charge in [-0.1, -0.05) is 19.3 Å². The number of nitrogens with one attached hydrogen (secondary N) is 1. The van der Waals surface area contributed by atoms with E-state index in [0.29, 0.717) is 0 Å². The molecule has 0 heterocycles. The molecule has 3 heteroatoms. The number of aliphatic hydroxyl groups is 2. The van der Waals surface area contributed by atoms with Gasteiger partial charge in [0.1, 0.15) is 0 Å². The van der Waals surface area contributed by atoms with Gasteiger partial charge in [0.2, 0.25) is 0 Å². The minimum Gasteiger partial charge on any atom is -0.396 e. The molecule has 0 aromatic carbocycles. The molecule has 3 N–H and O–H groups in total. The van der Waals surface area contributed by atoms with Gasteiger partial charge in [0, 0.05) is 12.1 Å². The summed E-state index contributed by atoms with van der Waals surface area (Å²) in [5.74, 6) is 0. The Bertz CT molecular complexity index is 133. The molecule has 0 spiro atoms. The largest absolute Gasteiger partial charge is 0.396 e. The smallest absolute Gasteiger partial charge is 0.0613 e. The highest BCUT2D eigenvalue weighted by molar-refractivity contribution is 4.89. The molecule has 1 saturated carbocycles. The van der Waals surface area contributed by atoms with Gasteiger partial charge in [-0.2, -0.15) is 0 Å². The Morgan fingerprint density at radius 1 is 1.08 bits per heavy atom. The van der Waals surface area contributed by atoms with Gasteiger partial charge in [-0.05, 0) is 25.8 Å². The topological polar surface area (TPSA) is 52.5 Å². The highest BCUT2D eigenvalue weighted by atomic mass is 16.3. The van der Waals surface area contributed by atoms with Crippen molar-refractivity contribution in [1.29, 1.82) is 0 Å². The SMILES string of the molecule is OCCCNC1(CO)CCCCC1. The molecule has 0 radical (unpaired) electrons. The number of aliphatic hydroxyl groups excluding tert-OH is 2. The van der Waals surface area contributed by atoms with Crippen LogP contribution in [-0.4, -0.2) is 35.5 Å². The van der Waals surface area contributed by atoms with Crippen molar-refractivity contribution in [2.45, 2.75) is 44.1 Å². The van der Waals surface area contributed by atoms with Gasteiger partial charge in [-0.3, -0.25) is 0 Å². The highest BCUT2D eigenvalue weighted by Gasteiger charge is 2.29. The van der Waals surface area contributed by atoms with Crippen LogP contribution in [0.5, 0.6) is 0 Å². The minimum absolute atomic E-state index is 0.0343. The molecule has 0 amide bonds. The van der Waals surface area contributed by atoms with Crippen molar-refractivity contribution < 1.29 is 10.2 Å². The van der Waals surface area contributed by atoms with Gasteiger partial charge in [0.05, 0.1) is 6.61 Å². The quantitative estimate of drug-likeness (QED) is 0.554. The van der Waals surface area contributed by atoms with Crippen LogP contribution in [0.25, 0.3) is 0 Å². The third-order valence-electron chi connectivity index (χ3n) is 2.95. The second kappa shape index (κ2) is 5.58. The van der Waals surface area contributed by atoms with Crippen LogP contribution < -0.4 is 5.32 Å². The van der Waals surface area contributed by atoms with Crippen LogP contribution in [0.15, 0.2) is 0 Å². The second-order valence-electron chi connectivity index (χ2n) is 4.00. The lowest BCUT2D eigenvalue weighted by Crippen LogP contribution is -2.50. The molecule has 0 unspecified atom stereocenters. The standard InChI is InChI=1S/C10H21NO2/c12-8-4-7-11-10(9-13)5-2-1-3-6-10/h11-13H,1-9H2. The average Bonchev–Trinajstić information content (AvgIpc) is 2.20. The molecule has 0 aromatic heterocycles. The molecular formula is C10H21NO2. The van der Waals surface area contributed by atoms with E-state index in [1.54, 1.807) is 0 Å². The van der Waals surface area contributed by atoms with Crippen molar-refractivity contribution >= 4 is 0 Å². The third-order valence-corrected chi connectivity index (χ3v) is 2.95. The third kappa shape index (κ3) is 3.25. The van der Waals surface area contributed by atoms with E-state index in [4.69, 9.17) is 5.11 Å². The summed E-state index contributed by atoms with van der Waals surface area (Å²) >= 11 is 0. The van der Waals surface area contributed by atoms with Crippen molar-refractivity contribution in [1.82, 2.24) is 5.32 Å². The molecule has 0 atom stereocenters. The maximum absolute atomic E-state index is 9.32. The zero-order valence-corrected chi connectivity index (χ0v) is 8.26. The molecule has 1 aliphatic rings. The minimum atomic E-state index is -0.0343. The summed E-state index contributed by atoms with van der Waals surface area (Å²) in [7, 11) is 0.